The number of thiol groups is 1. The lowest BCUT2D eigenvalue weighted by Crippen LogP contribution is -2.45. The van der Waals surface area contributed by atoms with Gasteiger partial charge in [0.05, 0.1) is 11.6 Å². The second-order valence-corrected chi connectivity index (χ2v) is 7.45. The predicted molar refractivity (Wildman–Crippen MR) is 120 cm³/mol. The highest BCUT2D eigenvalue weighted by Gasteiger charge is 2.25. The lowest BCUT2D eigenvalue weighted by molar-refractivity contribution is -0.142. The van der Waals surface area contributed by atoms with E-state index in [1.807, 2.05) is 72.8 Å². The number of nitrogens with one attached hydrogen (secondary N) is 1. The first-order valence-corrected chi connectivity index (χ1v) is 10.4. The smallest absolute Gasteiger partial charge is 0.326 e. The summed E-state index contributed by atoms with van der Waals surface area (Å²) in [6, 6.07) is 21.9. The largest absolute Gasteiger partial charge is 0.480 e. The summed E-state index contributed by atoms with van der Waals surface area (Å²) in [5, 5.41) is 12.3. The maximum absolute atomic E-state index is 12.7. The van der Waals surface area contributed by atoms with Gasteiger partial charge in [0.15, 0.2) is 0 Å². The monoisotopic (exact) mass is 420 g/mol. The first-order valence-electron chi connectivity index (χ1n) is 9.75. The molecular formula is C24H24N2O3S. The molecule has 1 heterocycles. The standard InChI is InChI=1S/C24H24N2O3S/c27-23(20(16-30)14-17-6-2-1-3-7-17)26-22(24(28)29)15-18-9-11-19(12-10-18)21-8-4-5-13-25-21/h1-13,20,22,30H,14-16H2,(H,26,27)(H,28,29). The molecule has 154 valence electrons. The van der Waals surface area contributed by atoms with Gasteiger partial charge in [0.25, 0.3) is 0 Å². The molecule has 5 nitrogen and oxygen atoms in total. The van der Waals surface area contributed by atoms with Crippen molar-refractivity contribution < 1.29 is 14.7 Å². The Hall–Kier alpha value is -3.12. The van der Waals surface area contributed by atoms with Crippen LogP contribution in [-0.2, 0) is 22.4 Å². The number of amides is 1. The molecule has 3 aromatic rings. The molecule has 0 aliphatic rings. The number of hydrogen-bond donors (Lipinski definition) is 3. The lowest BCUT2D eigenvalue weighted by Gasteiger charge is -2.19. The third-order valence-electron chi connectivity index (χ3n) is 4.89. The number of rotatable bonds is 9. The molecule has 1 aromatic heterocycles. The molecule has 30 heavy (non-hydrogen) atoms. The molecule has 2 atom stereocenters. The maximum atomic E-state index is 12.7. The first kappa shape index (κ1) is 21.6. The summed E-state index contributed by atoms with van der Waals surface area (Å²) in [6.07, 6.45) is 2.45. The molecule has 2 N–H and O–H groups in total. The van der Waals surface area contributed by atoms with Crippen LogP contribution in [-0.4, -0.2) is 33.8 Å². The molecule has 0 saturated heterocycles. The highest BCUT2D eigenvalue weighted by molar-refractivity contribution is 7.80. The minimum atomic E-state index is -1.06. The van der Waals surface area contributed by atoms with Gasteiger partial charge in [0, 0.05) is 23.9 Å². The Labute approximate surface area is 181 Å². The van der Waals surface area contributed by atoms with E-state index in [4.69, 9.17) is 0 Å². The average molecular weight is 421 g/mol. The molecule has 1 amide bonds. The first-order chi connectivity index (χ1) is 14.6. The molecule has 0 aliphatic heterocycles. The number of nitrogens with zero attached hydrogens (tertiary/aromatic N) is 1. The van der Waals surface area contributed by atoms with Gasteiger partial charge in [0.1, 0.15) is 6.04 Å². The van der Waals surface area contributed by atoms with Crippen LogP contribution in [0.4, 0.5) is 0 Å². The molecular weight excluding hydrogens is 396 g/mol. The highest BCUT2D eigenvalue weighted by atomic mass is 32.1. The molecule has 6 heteroatoms. The number of carbonyl (C=O) groups is 2. The summed E-state index contributed by atoms with van der Waals surface area (Å²) in [5.74, 6) is -1.42. The van der Waals surface area contributed by atoms with Crippen LogP contribution in [0.5, 0.6) is 0 Å². The fourth-order valence-corrected chi connectivity index (χ4v) is 3.50. The van der Waals surface area contributed by atoms with Crippen molar-refractivity contribution in [2.75, 3.05) is 5.75 Å². The van der Waals surface area contributed by atoms with Crippen LogP contribution >= 0.6 is 12.6 Å². The van der Waals surface area contributed by atoms with Gasteiger partial charge < -0.3 is 10.4 Å². The van der Waals surface area contributed by atoms with Gasteiger partial charge in [-0.25, -0.2) is 4.79 Å². The van der Waals surface area contributed by atoms with Gasteiger partial charge in [-0.3, -0.25) is 9.78 Å². The molecule has 3 rings (SSSR count). The second kappa shape index (κ2) is 10.6. The van der Waals surface area contributed by atoms with E-state index in [1.165, 1.54) is 0 Å². The van der Waals surface area contributed by atoms with E-state index in [9.17, 15) is 14.7 Å². The van der Waals surface area contributed by atoms with E-state index < -0.39 is 17.9 Å². The topological polar surface area (TPSA) is 79.3 Å². The third-order valence-corrected chi connectivity index (χ3v) is 5.33. The Balaban J connectivity index is 1.65. The SMILES string of the molecule is O=C(NC(Cc1ccc(-c2ccccn2)cc1)C(=O)O)C(CS)Cc1ccccc1. The Morgan fingerprint density at radius 3 is 2.17 bits per heavy atom. The van der Waals surface area contributed by atoms with Gasteiger partial charge in [-0.1, -0.05) is 60.7 Å². The summed E-state index contributed by atoms with van der Waals surface area (Å²) < 4.78 is 0. The summed E-state index contributed by atoms with van der Waals surface area (Å²) >= 11 is 4.29. The molecule has 0 saturated carbocycles. The van der Waals surface area contributed by atoms with E-state index >= 15 is 0 Å². The van der Waals surface area contributed by atoms with Crippen molar-refractivity contribution in [1.82, 2.24) is 10.3 Å². The molecule has 0 aliphatic carbocycles. The van der Waals surface area contributed by atoms with Crippen molar-refractivity contribution in [3.05, 3.63) is 90.1 Å². The van der Waals surface area contributed by atoms with Crippen LogP contribution in [0, 0.1) is 5.92 Å². The number of carboxylic acid groups (broad SMARTS) is 1. The van der Waals surface area contributed by atoms with E-state index in [0.717, 1.165) is 22.4 Å². The number of hydrogen-bond acceptors (Lipinski definition) is 4. The number of aromatic nitrogens is 1. The van der Waals surface area contributed by atoms with Crippen molar-refractivity contribution in [3.8, 4) is 11.3 Å². The van der Waals surface area contributed by atoms with Gasteiger partial charge in [-0.05, 0) is 29.7 Å². The number of pyridine rings is 1. The van der Waals surface area contributed by atoms with Crippen LogP contribution in [0.3, 0.4) is 0 Å². The van der Waals surface area contributed by atoms with Crippen molar-refractivity contribution in [2.24, 2.45) is 5.92 Å². The van der Waals surface area contributed by atoms with Crippen LogP contribution in [0.15, 0.2) is 79.0 Å². The second-order valence-electron chi connectivity index (χ2n) is 7.08. The fraction of sp³-hybridized carbons (Fsp3) is 0.208. The zero-order valence-electron chi connectivity index (χ0n) is 16.4. The summed E-state index contributed by atoms with van der Waals surface area (Å²) in [5.41, 5.74) is 3.65. The van der Waals surface area contributed by atoms with E-state index in [2.05, 4.69) is 22.9 Å². The van der Waals surface area contributed by atoms with Crippen molar-refractivity contribution >= 4 is 24.5 Å². The highest BCUT2D eigenvalue weighted by Crippen LogP contribution is 2.18. The normalized spacial score (nSPS) is 12.7. The number of carboxylic acids is 1. The van der Waals surface area contributed by atoms with Crippen LogP contribution < -0.4 is 5.32 Å². The predicted octanol–water partition coefficient (Wildman–Crippen LogP) is 3.65. The quantitative estimate of drug-likeness (QED) is 0.462. The van der Waals surface area contributed by atoms with Gasteiger partial charge >= 0.3 is 5.97 Å². The third kappa shape index (κ3) is 5.94. The van der Waals surface area contributed by atoms with E-state index in [-0.39, 0.29) is 12.3 Å². The number of aliphatic carboxylic acids is 1. The summed E-state index contributed by atoms with van der Waals surface area (Å²) in [4.78, 5) is 28.8. The van der Waals surface area contributed by atoms with Gasteiger partial charge in [0.2, 0.25) is 5.91 Å². The Morgan fingerprint density at radius 1 is 0.900 bits per heavy atom. The zero-order chi connectivity index (χ0) is 21.3. The van der Waals surface area contributed by atoms with Gasteiger partial charge in [-0.15, -0.1) is 0 Å². The van der Waals surface area contributed by atoms with E-state index in [0.29, 0.717) is 12.2 Å². The Morgan fingerprint density at radius 2 is 1.57 bits per heavy atom. The Bertz CT molecular complexity index is 963. The molecule has 2 aromatic carbocycles. The zero-order valence-corrected chi connectivity index (χ0v) is 17.3. The molecule has 2 unspecified atom stereocenters. The minimum Gasteiger partial charge on any atom is -0.480 e. The molecule has 0 radical (unpaired) electrons. The fourth-order valence-electron chi connectivity index (χ4n) is 3.21. The lowest BCUT2D eigenvalue weighted by atomic mass is 9.98. The number of benzene rings is 2. The summed E-state index contributed by atoms with van der Waals surface area (Å²) in [6.45, 7) is 0. The molecule has 0 fully saturated rings. The van der Waals surface area contributed by atoms with Gasteiger partial charge in [-0.2, -0.15) is 12.6 Å². The van der Waals surface area contributed by atoms with Crippen molar-refractivity contribution in [2.45, 2.75) is 18.9 Å². The number of carbonyl (C=O) groups excluding carboxylic acids is 1. The van der Waals surface area contributed by atoms with Crippen LogP contribution in [0.2, 0.25) is 0 Å². The van der Waals surface area contributed by atoms with Crippen LogP contribution in [0.1, 0.15) is 11.1 Å². The molecule has 0 bridgehead atoms. The van der Waals surface area contributed by atoms with Crippen molar-refractivity contribution in [1.29, 1.82) is 0 Å². The Kier molecular flexibility index (Phi) is 7.63. The molecule has 0 spiro atoms. The van der Waals surface area contributed by atoms with Crippen molar-refractivity contribution in [3.63, 3.8) is 0 Å². The summed E-state index contributed by atoms with van der Waals surface area (Å²) in [7, 11) is 0. The minimum absolute atomic E-state index is 0.203. The maximum Gasteiger partial charge on any atom is 0.326 e. The van der Waals surface area contributed by atoms with E-state index in [1.54, 1.807) is 6.20 Å². The van der Waals surface area contributed by atoms with Crippen LogP contribution in [0.25, 0.3) is 11.3 Å². The average Bonchev–Trinajstić information content (AvgIpc) is 2.78.